The molecule has 2 N–H and O–H groups in total. The average molecular weight is 649 g/mol. The van der Waals surface area contributed by atoms with Gasteiger partial charge < -0.3 is 34.3 Å². The molecular weight excluding hydrogens is 608 g/mol. The van der Waals surface area contributed by atoms with Crippen LogP contribution in [0, 0.1) is 0 Å². The molecule has 3 rings (SSSR count). The van der Waals surface area contributed by atoms with Crippen molar-refractivity contribution in [2.45, 2.75) is 57.9 Å². The van der Waals surface area contributed by atoms with Crippen LogP contribution < -0.4 is 15.4 Å². The van der Waals surface area contributed by atoms with Crippen molar-refractivity contribution >= 4 is 29.9 Å². The van der Waals surface area contributed by atoms with Gasteiger partial charge in [-0.25, -0.2) is 19.2 Å². The molecule has 0 radical (unpaired) electrons. The molecule has 0 heterocycles. The lowest BCUT2D eigenvalue weighted by molar-refractivity contribution is -0.149. The molecule has 1 unspecified atom stereocenters. The minimum atomic E-state index is -1.24. The van der Waals surface area contributed by atoms with E-state index in [0.717, 1.165) is 11.1 Å². The standard InChI is InChI=1S/C35H40N2O10/c1-35(2,3)47-34(42)37-27(19-23-12-8-6-9-13-23)31(39)36-28(33(41)46-21-24-14-10-7-11-15-24)20-25-16-17-29(45-22-30(38)43-4)26(18-25)32(40)44-5/h6-18,27-28H,19-22H2,1-5H3,(H,36,39)(H,37,42)/t27?,28-/m0/s1. The molecule has 0 aliphatic carbocycles. The maximum Gasteiger partial charge on any atom is 0.408 e. The molecule has 2 atom stereocenters. The summed E-state index contributed by atoms with van der Waals surface area (Å²) >= 11 is 0. The summed E-state index contributed by atoms with van der Waals surface area (Å²) in [5, 5.41) is 5.34. The van der Waals surface area contributed by atoms with Crippen molar-refractivity contribution in [2.24, 2.45) is 0 Å². The first-order valence-electron chi connectivity index (χ1n) is 14.8. The SMILES string of the molecule is COC(=O)COc1ccc(C[C@H](NC(=O)C(Cc2ccccc2)NC(=O)OC(C)(C)C)C(=O)OCc2ccccc2)cc1C(=O)OC. The van der Waals surface area contributed by atoms with Crippen molar-refractivity contribution in [3.05, 3.63) is 101 Å². The fourth-order valence-electron chi connectivity index (χ4n) is 4.33. The molecule has 250 valence electrons. The molecule has 0 aliphatic heterocycles. The number of esters is 3. The van der Waals surface area contributed by atoms with E-state index in [1.165, 1.54) is 26.4 Å². The lowest BCUT2D eigenvalue weighted by Crippen LogP contribution is -2.54. The highest BCUT2D eigenvalue weighted by atomic mass is 16.6. The van der Waals surface area contributed by atoms with Crippen LogP contribution in [0.3, 0.4) is 0 Å². The van der Waals surface area contributed by atoms with Crippen LogP contribution in [0.5, 0.6) is 5.75 Å². The van der Waals surface area contributed by atoms with Crippen molar-refractivity contribution < 1.29 is 47.7 Å². The van der Waals surface area contributed by atoms with E-state index in [1.807, 2.05) is 12.1 Å². The number of ether oxygens (including phenoxy) is 5. The highest BCUT2D eigenvalue weighted by Gasteiger charge is 2.30. The molecule has 0 bridgehead atoms. The van der Waals surface area contributed by atoms with E-state index >= 15 is 0 Å². The number of alkyl carbamates (subject to hydrolysis) is 1. The summed E-state index contributed by atoms with van der Waals surface area (Å²) in [6.07, 6.45) is -0.802. The van der Waals surface area contributed by atoms with Gasteiger partial charge >= 0.3 is 24.0 Å². The Morgan fingerprint density at radius 2 is 1.34 bits per heavy atom. The zero-order chi connectivity index (χ0) is 34.4. The van der Waals surface area contributed by atoms with E-state index in [2.05, 4.69) is 15.4 Å². The van der Waals surface area contributed by atoms with E-state index in [9.17, 15) is 24.0 Å². The van der Waals surface area contributed by atoms with Crippen LogP contribution in [0.25, 0.3) is 0 Å². The van der Waals surface area contributed by atoms with Gasteiger partial charge in [-0.2, -0.15) is 0 Å². The number of carbonyl (C=O) groups is 5. The van der Waals surface area contributed by atoms with Crippen LogP contribution in [0.15, 0.2) is 78.9 Å². The summed E-state index contributed by atoms with van der Waals surface area (Å²) in [7, 11) is 2.39. The van der Waals surface area contributed by atoms with Gasteiger partial charge in [-0.05, 0) is 49.6 Å². The second kappa shape index (κ2) is 17.3. The van der Waals surface area contributed by atoms with E-state index < -0.39 is 54.2 Å². The van der Waals surface area contributed by atoms with Gasteiger partial charge in [0.05, 0.1) is 14.2 Å². The molecule has 0 aromatic heterocycles. The molecule has 3 aromatic rings. The van der Waals surface area contributed by atoms with Gasteiger partial charge in [0.1, 0.15) is 35.6 Å². The number of hydrogen-bond donors (Lipinski definition) is 2. The van der Waals surface area contributed by atoms with Crippen LogP contribution in [-0.2, 0) is 52.8 Å². The fraction of sp³-hybridized carbons (Fsp3) is 0.343. The van der Waals surface area contributed by atoms with E-state index in [0.29, 0.717) is 5.56 Å². The second-order valence-electron chi connectivity index (χ2n) is 11.4. The topological polar surface area (TPSA) is 156 Å². The first kappa shape index (κ1) is 36.1. The molecule has 0 saturated heterocycles. The Kier molecular flexibility index (Phi) is 13.3. The number of amides is 2. The third-order valence-corrected chi connectivity index (χ3v) is 6.58. The fourth-order valence-corrected chi connectivity index (χ4v) is 4.33. The Balaban J connectivity index is 1.91. The average Bonchev–Trinajstić information content (AvgIpc) is 3.05. The highest BCUT2D eigenvalue weighted by molar-refractivity contribution is 5.93. The summed E-state index contributed by atoms with van der Waals surface area (Å²) in [4.78, 5) is 64.2. The van der Waals surface area contributed by atoms with Gasteiger partial charge in [0, 0.05) is 12.8 Å². The molecule has 0 saturated carbocycles. The van der Waals surface area contributed by atoms with Gasteiger partial charge in [0.2, 0.25) is 5.91 Å². The molecule has 12 nitrogen and oxygen atoms in total. The quantitative estimate of drug-likeness (QED) is 0.194. The molecule has 0 spiro atoms. The van der Waals surface area contributed by atoms with E-state index in [-0.39, 0.29) is 30.8 Å². The molecule has 0 aliphatic rings. The van der Waals surface area contributed by atoms with Crippen molar-refractivity contribution in [3.63, 3.8) is 0 Å². The summed E-state index contributed by atoms with van der Waals surface area (Å²) in [5.41, 5.74) is 1.12. The minimum Gasteiger partial charge on any atom is -0.481 e. The summed E-state index contributed by atoms with van der Waals surface area (Å²) in [6.45, 7) is 4.60. The maximum atomic E-state index is 13.8. The van der Waals surface area contributed by atoms with Gasteiger partial charge in [-0.1, -0.05) is 66.7 Å². The number of carbonyl (C=O) groups excluding carboxylic acids is 5. The molecule has 12 heteroatoms. The Bertz CT molecular complexity index is 1520. The number of benzene rings is 3. The molecule has 0 fully saturated rings. The van der Waals surface area contributed by atoms with Crippen LogP contribution in [0.2, 0.25) is 0 Å². The smallest absolute Gasteiger partial charge is 0.408 e. The molecule has 3 aromatic carbocycles. The van der Waals surface area contributed by atoms with E-state index in [4.69, 9.17) is 18.9 Å². The Labute approximate surface area is 273 Å². The third kappa shape index (κ3) is 12.1. The maximum absolute atomic E-state index is 13.8. The van der Waals surface area contributed by atoms with Crippen LogP contribution >= 0.6 is 0 Å². The third-order valence-electron chi connectivity index (χ3n) is 6.58. The molecular formula is C35H40N2O10. The first-order valence-corrected chi connectivity index (χ1v) is 14.8. The monoisotopic (exact) mass is 648 g/mol. The number of rotatable bonds is 14. The minimum absolute atomic E-state index is 0.00909. The lowest BCUT2D eigenvalue weighted by atomic mass is 10.0. The lowest BCUT2D eigenvalue weighted by Gasteiger charge is -2.25. The van der Waals surface area contributed by atoms with Gasteiger partial charge in [0.25, 0.3) is 0 Å². The van der Waals surface area contributed by atoms with Gasteiger partial charge in [0.15, 0.2) is 6.61 Å². The normalized spacial score (nSPS) is 12.1. The van der Waals surface area contributed by atoms with Crippen molar-refractivity contribution in [1.29, 1.82) is 0 Å². The molecule has 47 heavy (non-hydrogen) atoms. The number of nitrogens with one attached hydrogen (secondary N) is 2. The van der Waals surface area contributed by atoms with E-state index in [1.54, 1.807) is 75.4 Å². The largest absolute Gasteiger partial charge is 0.481 e. The highest BCUT2D eigenvalue weighted by Crippen LogP contribution is 2.23. The van der Waals surface area contributed by atoms with Crippen LogP contribution in [-0.4, -0.2) is 68.4 Å². The zero-order valence-corrected chi connectivity index (χ0v) is 27.1. The Morgan fingerprint density at radius 3 is 1.94 bits per heavy atom. The zero-order valence-electron chi connectivity index (χ0n) is 27.1. The number of hydrogen-bond acceptors (Lipinski definition) is 10. The van der Waals surface area contributed by atoms with Crippen LogP contribution in [0.1, 0.15) is 47.8 Å². The van der Waals surface area contributed by atoms with Crippen molar-refractivity contribution in [1.82, 2.24) is 10.6 Å². The Morgan fingerprint density at radius 1 is 0.723 bits per heavy atom. The van der Waals surface area contributed by atoms with Crippen LogP contribution in [0.4, 0.5) is 4.79 Å². The summed E-state index contributed by atoms with van der Waals surface area (Å²) in [6, 6.07) is 20.2. The van der Waals surface area contributed by atoms with Gasteiger partial charge in [-0.15, -0.1) is 0 Å². The Hall–Kier alpha value is -5.39. The van der Waals surface area contributed by atoms with Crippen molar-refractivity contribution in [3.8, 4) is 5.75 Å². The summed E-state index contributed by atoms with van der Waals surface area (Å²) < 4.78 is 25.9. The predicted molar refractivity (Wildman–Crippen MR) is 170 cm³/mol. The van der Waals surface area contributed by atoms with Crippen molar-refractivity contribution in [2.75, 3.05) is 20.8 Å². The first-order chi connectivity index (χ1) is 22.4. The predicted octanol–water partition coefficient (Wildman–Crippen LogP) is 3.93. The number of methoxy groups -OCH3 is 2. The second-order valence-corrected chi connectivity index (χ2v) is 11.4. The molecule has 2 amide bonds. The summed E-state index contributed by atoms with van der Waals surface area (Å²) in [5.74, 6) is -2.75. The van der Waals surface area contributed by atoms with Gasteiger partial charge in [-0.3, -0.25) is 4.79 Å².